The zero-order chi connectivity index (χ0) is 16.8. The standard InChI is InChI=1S/C17H18Cl2N2OS/c1-11-5-3-6-12(2)16(11)21-15(22)7-4-8-23-17-14(19)9-13(18)10-20-17/h3,5-6,9-10H,4,7-8H2,1-2H3,(H,21,22). The summed E-state index contributed by atoms with van der Waals surface area (Å²) in [5, 5.41) is 4.80. The second-order valence-electron chi connectivity index (χ2n) is 5.21. The van der Waals surface area contributed by atoms with Crippen molar-refractivity contribution >= 4 is 46.6 Å². The zero-order valence-electron chi connectivity index (χ0n) is 13.0. The van der Waals surface area contributed by atoms with E-state index in [1.807, 2.05) is 32.0 Å². The molecule has 0 saturated heterocycles. The minimum absolute atomic E-state index is 0.0261. The maximum atomic E-state index is 12.1. The number of halogens is 2. The fourth-order valence-corrected chi connectivity index (χ4v) is 3.47. The minimum atomic E-state index is 0.0261. The van der Waals surface area contributed by atoms with Crippen molar-refractivity contribution in [3.8, 4) is 0 Å². The van der Waals surface area contributed by atoms with E-state index >= 15 is 0 Å². The van der Waals surface area contributed by atoms with Crippen LogP contribution in [-0.2, 0) is 4.79 Å². The van der Waals surface area contributed by atoms with Crippen LogP contribution in [0.2, 0.25) is 10.0 Å². The number of nitrogens with zero attached hydrogens (tertiary/aromatic N) is 1. The summed E-state index contributed by atoms with van der Waals surface area (Å²) in [4.78, 5) is 16.2. The zero-order valence-corrected chi connectivity index (χ0v) is 15.4. The molecule has 0 fully saturated rings. The third-order valence-electron chi connectivity index (χ3n) is 3.31. The monoisotopic (exact) mass is 368 g/mol. The fourth-order valence-electron chi connectivity index (χ4n) is 2.12. The molecule has 1 N–H and O–H groups in total. The van der Waals surface area contributed by atoms with Gasteiger partial charge in [-0.3, -0.25) is 4.79 Å². The lowest BCUT2D eigenvalue weighted by molar-refractivity contribution is -0.116. The van der Waals surface area contributed by atoms with E-state index in [0.717, 1.165) is 34.0 Å². The van der Waals surface area contributed by atoms with E-state index in [0.29, 0.717) is 16.5 Å². The van der Waals surface area contributed by atoms with Crippen molar-refractivity contribution in [1.82, 2.24) is 4.98 Å². The largest absolute Gasteiger partial charge is 0.326 e. The highest BCUT2D eigenvalue weighted by atomic mass is 35.5. The maximum absolute atomic E-state index is 12.1. The molecule has 1 heterocycles. The number of pyridine rings is 1. The first-order valence-electron chi connectivity index (χ1n) is 7.27. The van der Waals surface area contributed by atoms with Crippen molar-refractivity contribution in [2.24, 2.45) is 0 Å². The van der Waals surface area contributed by atoms with Crippen molar-refractivity contribution in [2.75, 3.05) is 11.1 Å². The molecule has 0 spiro atoms. The Kier molecular flexibility index (Phi) is 6.75. The van der Waals surface area contributed by atoms with Gasteiger partial charge >= 0.3 is 0 Å². The van der Waals surface area contributed by atoms with Crippen molar-refractivity contribution in [1.29, 1.82) is 0 Å². The molecular weight excluding hydrogens is 351 g/mol. The highest BCUT2D eigenvalue weighted by molar-refractivity contribution is 7.99. The van der Waals surface area contributed by atoms with Crippen LogP contribution in [0, 0.1) is 13.8 Å². The van der Waals surface area contributed by atoms with E-state index in [1.165, 1.54) is 11.8 Å². The van der Waals surface area contributed by atoms with E-state index in [-0.39, 0.29) is 5.91 Å². The summed E-state index contributed by atoms with van der Waals surface area (Å²) < 4.78 is 0. The third-order valence-corrected chi connectivity index (χ3v) is 5.00. The van der Waals surface area contributed by atoms with E-state index in [2.05, 4.69) is 10.3 Å². The number of aryl methyl sites for hydroxylation is 2. The van der Waals surface area contributed by atoms with Crippen LogP contribution in [0.3, 0.4) is 0 Å². The van der Waals surface area contributed by atoms with Gasteiger partial charge in [0.05, 0.1) is 10.0 Å². The van der Waals surface area contributed by atoms with Gasteiger partial charge < -0.3 is 5.32 Å². The van der Waals surface area contributed by atoms with Crippen molar-refractivity contribution in [3.05, 3.63) is 51.6 Å². The second kappa shape index (κ2) is 8.57. The number of benzene rings is 1. The lowest BCUT2D eigenvalue weighted by Crippen LogP contribution is -2.13. The molecule has 0 unspecified atom stereocenters. The Bertz CT molecular complexity index is 687. The molecule has 23 heavy (non-hydrogen) atoms. The van der Waals surface area contributed by atoms with E-state index in [1.54, 1.807) is 12.3 Å². The number of hydrogen-bond acceptors (Lipinski definition) is 3. The van der Waals surface area contributed by atoms with Crippen LogP contribution in [0.25, 0.3) is 0 Å². The number of para-hydroxylation sites is 1. The predicted molar refractivity (Wildman–Crippen MR) is 98.8 cm³/mol. The van der Waals surface area contributed by atoms with Gasteiger partial charge in [0.25, 0.3) is 0 Å². The summed E-state index contributed by atoms with van der Waals surface area (Å²) in [6, 6.07) is 7.64. The molecule has 0 aliphatic rings. The first-order chi connectivity index (χ1) is 11.0. The molecule has 1 aromatic carbocycles. The van der Waals surface area contributed by atoms with Crippen molar-refractivity contribution < 1.29 is 4.79 Å². The Labute approximate surface area is 150 Å². The number of anilines is 1. The van der Waals surface area contributed by atoms with Gasteiger partial charge in [0.2, 0.25) is 5.91 Å². The Morgan fingerprint density at radius 3 is 2.61 bits per heavy atom. The highest BCUT2D eigenvalue weighted by Crippen LogP contribution is 2.27. The molecule has 0 radical (unpaired) electrons. The number of amides is 1. The number of thioether (sulfide) groups is 1. The van der Waals surface area contributed by atoms with Crippen LogP contribution in [0.5, 0.6) is 0 Å². The van der Waals surface area contributed by atoms with Gasteiger partial charge in [0, 0.05) is 24.1 Å². The molecule has 0 atom stereocenters. The maximum Gasteiger partial charge on any atom is 0.224 e. The Morgan fingerprint density at radius 1 is 1.26 bits per heavy atom. The smallest absolute Gasteiger partial charge is 0.224 e. The Balaban J connectivity index is 1.79. The van der Waals surface area contributed by atoms with Crippen LogP contribution < -0.4 is 5.32 Å². The first kappa shape index (κ1) is 18.1. The second-order valence-corrected chi connectivity index (χ2v) is 7.13. The van der Waals surface area contributed by atoms with Crippen LogP contribution in [0.4, 0.5) is 5.69 Å². The lowest BCUT2D eigenvalue weighted by Gasteiger charge is -2.11. The van der Waals surface area contributed by atoms with Crippen molar-refractivity contribution in [2.45, 2.75) is 31.7 Å². The molecule has 2 rings (SSSR count). The molecule has 1 aromatic heterocycles. The SMILES string of the molecule is Cc1cccc(C)c1NC(=O)CCCSc1ncc(Cl)cc1Cl. The number of hydrogen-bond donors (Lipinski definition) is 1. The minimum Gasteiger partial charge on any atom is -0.326 e. The molecule has 0 saturated carbocycles. The van der Waals surface area contributed by atoms with Crippen LogP contribution in [-0.4, -0.2) is 16.6 Å². The fraction of sp³-hybridized carbons (Fsp3) is 0.294. The number of rotatable bonds is 6. The number of aromatic nitrogens is 1. The molecule has 3 nitrogen and oxygen atoms in total. The molecule has 6 heteroatoms. The first-order valence-corrected chi connectivity index (χ1v) is 9.01. The number of carbonyl (C=O) groups is 1. The predicted octanol–water partition coefficient (Wildman–Crippen LogP) is 5.52. The summed E-state index contributed by atoms with van der Waals surface area (Å²) in [6.45, 7) is 3.99. The van der Waals surface area contributed by atoms with Crippen LogP contribution in [0.15, 0.2) is 35.5 Å². The lowest BCUT2D eigenvalue weighted by atomic mass is 10.1. The summed E-state index contributed by atoms with van der Waals surface area (Å²) in [6.07, 6.45) is 2.79. The van der Waals surface area contributed by atoms with Gasteiger partial charge in [-0.15, -0.1) is 11.8 Å². The molecule has 1 amide bonds. The summed E-state index contributed by atoms with van der Waals surface area (Å²) in [5.41, 5.74) is 3.06. The highest BCUT2D eigenvalue weighted by Gasteiger charge is 2.08. The summed E-state index contributed by atoms with van der Waals surface area (Å²) in [5.74, 6) is 0.798. The van der Waals surface area contributed by atoms with E-state index in [4.69, 9.17) is 23.2 Å². The van der Waals surface area contributed by atoms with Gasteiger partial charge in [0.15, 0.2) is 0 Å². The number of nitrogens with one attached hydrogen (secondary N) is 1. The molecular formula is C17H18Cl2N2OS. The summed E-state index contributed by atoms with van der Waals surface area (Å²) in [7, 11) is 0. The average Bonchev–Trinajstić information content (AvgIpc) is 2.49. The summed E-state index contributed by atoms with van der Waals surface area (Å²) >= 11 is 13.4. The molecule has 0 bridgehead atoms. The van der Waals surface area contributed by atoms with Crippen LogP contribution >= 0.6 is 35.0 Å². The average molecular weight is 369 g/mol. The number of carbonyl (C=O) groups excluding carboxylic acids is 1. The molecule has 0 aliphatic heterocycles. The van der Waals surface area contributed by atoms with Crippen LogP contribution in [0.1, 0.15) is 24.0 Å². The quantitative estimate of drug-likeness (QED) is 0.539. The molecule has 2 aromatic rings. The third kappa shape index (κ3) is 5.41. The molecule has 0 aliphatic carbocycles. The van der Waals surface area contributed by atoms with E-state index < -0.39 is 0 Å². The normalized spacial score (nSPS) is 10.6. The van der Waals surface area contributed by atoms with Gasteiger partial charge in [-0.2, -0.15) is 0 Å². The van der Waals surface area contributed by atoms with E-state index in [9.17, 15) is 4.79 Å². The molecule has 122 valence electrons. The van der Waals surface area contributed by atoms with Gasteiger partial charge in [-0.1, -0.05) is 41.4 Å². The van der Waals surface area contributed by atoms with Crippen molar-refractivity contribution in [3.63, 3.8) is 0 Å². The van der Waals surface area contributed by atoms with Gasteiger partial charge in [-0.25, -0.2) is 4.98 Å². The topological polar surface area (TPSA) is 42.0 Å². The van der Waals surface area contributed by atoms with Gasteiger partial charge in [0.1, 0.15) is 5.03 Å². The van der Waals surface area contributed by atoms with Gasteiger partial charge in [-0.05, 0) is 37.5 Å². The Morgan fingerprint density at radius 2 is 1.96 bits per heavy atom. The Hall–Kier alpha value is -1.23.